The highest BCUT2D eigenvalue weighted by Gasteiger charge is 2.31. The van der Waals surface area contributed by atoms with E-state index < -0.39 is 0 Å². The van der Waals surface area contributed by atoms with Gasteiger partial charge in [-0.05, 0) is 50.4 Å². The van der Waals surface area contributed by atoms with Crippen LogP contribution in [-0.2, 0) is 4.74 Å². The molecule has 102 valence electrons. The van der Waals surface area contributed by atoms with Crippen molar-refractivity contribution in [2.24, 2.45) is 0 Å². The lowest BCUT2D eigenvalue weighted by Crippen LogP contribution is -2.35. The highest BCUT2D eigenvalue weighted by Crippen LogP contribution is 2.35. The second-order valence-electron chi connectivity index (χ2n) is 5.45. The molecule has 0 saturated carbocycles. The van der Waals surface area contributed by atoms with E-state index in [0.29, 0.717) is 10.8 Å². The molecule has 0 aromatic carbocycles. The van der Waals surface area contributed by atoms with Gasteiger partial charge in [0, 0.05) is 12.6 Å². The van der Waals surface area contributed by atoms with E-state index in [2.05, 4.69) is 40.1 Å². The normalized spacial score (nSPS) is 22.5. The first kappa shape index (κ1) is 13.0. The number of aromatic amines is 1. The Bertz CT molecular complexity index is 612. The van der Waals surface area contributed by atoms with Crippen LogP contribution in [0.2, 0.25) is 0 Å². The molecule has 0 aliphatic carbocycles. The van der Waals surface area contributed by atoms with Gasteiger partial charge in [0.1, 0.15) is 0 Å². The zero-order valence-corrected chi connectivity index (χ0v) is 12.7. The number of ether oxygens (including phenoxy) is 1. The van der Waals surface area contributed by atoms with Crippen molar-refractivity contribution in [3.8, 4) is 10.7 Å². The average molecular weight is 295 g/mol. The number of thiophene rings is 1. The van der Waals surface area contributed by atoms with Crippen molar-refractivity contribution in [3.05, 3.63) is 22.3 Å². The van der Waals surface area contributed by atoms with E-state index in [0.717, 1.165) is 30.2 Å². The first-order valence-corrected chi connectivity index (χ1v) is 7.70. The Morgan fingerprint density at radius 2 is 2.42 bits per heavy atom. The quantitative estimate of drug-likeness (QED) is 0.857. The van der Waals surface area contributed by atoms with Gasteiger partial charge >= 0.3 is 0 Å². The summed E-state index contributed by atoms with van der Waals surface area (Å²) in [6.07, 6.45) is 1.94. The molecule has 1 aliphatic heterocycles. The number of nitrogens with zero attached hydrogens (tertiary/aromatic N) is 2. The molecule has 1 fully saturated rings. The highest BCUT2D eigenvalue weighted by molar-refractivity contribution is 7.71. The maximum Gasteiger partial charge on any atom is 0.195 e. The number of H-pyrrole nitrogens is 1. The highest BCUT2D eigenvalue weighted by atomic mass is 32.1. The minimum absolute atomic E-state index is 0.0956. The van der Waals surface area contributed by atoms with Gasteiger partial charge < -0.3 is 4.74 Å². The van der Waals surface area contributed by atoms with Gasteiger partial charge in [0.15, 0.2) is 10.6 Å². The molecule has 1 N–H and O–H groups in total. The molecule has 0 amide bonds. The van der Waals surface area contributed by atoms with Crippen LogP contribution in [0.1, 0.15) is 32.7 Å². The van der Waals surface area contributed by atoms with Crippen LogP contribution in [0.4, 0.5) is 0 Å². The van der Waals surface area contributed by atoms with Gasteiger partial charge in [-0.25, -0.2) is 0 Å². The largest absolute Gasteiger partial charge is 0.375 e. The van der Waals surface area contributed by atoms with E-state index in [1.54, 1.807) is 11.3 Å². The van der Waals surface area contributed by atoms with Gasteiger partial charge in [0.25, 0.3) is 0 Å². The summed E-state index contributed by atoms with van der Waals surface area (Å²) >= 11 is 7.10. The molecule has 0 radical (unpaired) electrons. The molecule has 3 rings (SSSR count). The number of nitrogens with one attached hydrogen (secondary N) is 1. The lowest BCUT2D eigenvalue weighted by Gasteiger charge is -2.36. The van der Waals surface area contributed by atoms with E-state index >= 15 is 0 Å². The molecule has 2 aromatic rings. The maximum atomic E-state index is 5.79. The maximum absolute atomic E-state index is 5.79. The molecule has 1 aliphatic rings. The van der Waals surface area contributed by atoms with Gasteiger partial charge in [-0.15, -0.1) is 11.3 Å². The van der Waals surface area contributed by atoms with Crippen molar-refractivity contribution < 1.29 is 4.74 Å². The van der Waals surface area contributed by atoms with Crippen LogP contribution in [0.3, 0.4) is 0 Å². The summed E-state index contributed by atoms with van der Waals surface area (Å²) in [6.45, 7) is 5.04. The van der Waals surface area contributed by atoms with Crippen LogP contribution in [0.25, 0.3) is 10.7 Å². The first-order chi connectivity index (χ1) is 9.07. The van der Waals surface area contributed by atoms with E-state index in [1.807, 2.05) is 6.07 Å². The fourth-order valence-electron chi connectivity index (χ4n) is 2.64. The second kappa shape index (κ2) is 4.85. The van der Waals surface area contributed by atoms with Crippen LogP contribution in [0, 0.1) is 4.77 Å². The van der Waals surface area contributed by atoms with Crippen molar-refractivity contribution >= 4 is 23.6 Å². The molecule has 4 nitrogen and oxygen atoms in total. The van der Waals surface area contributed by atoms with E-state index in [1.165, 1.54) is 0 Å². The third-order valence-electron chi connectivity index (χ3n) is 3.48. The molecule has 2 aromatic heterocycles. The van der Waals surface area contributed by atoms with Gasteiger partial charge in [0.2, 0.25) is 0 Å². The Labute approximate surface area is 121 Å². The molecule has 19 heavy (non-hydrogen) atoms. The summed E-state index contributed by atoms with van der Waals surface area (Å²) in [5, 5.41) is 9.39. The van der Waals surface area contributed by atoms with Crippen LogP contribution in [0.5, 0.6) is 0 Å². The summed E-state index contributed by atoms with van der Waals surface area (Å²) in [5.74, 6) is 0.947. The molecule has 1 unspecified atom stereocenters. The fourth-order valence-corrected chi connectivity index (χ4v) is 3.63. The van der Waals surface area contributed by atoms with Crippen LogP contribution in [-0.4, -0.2) is 27.0 Å². The lowest BCUT2D eigenvalue weighted by molar-refractivity contribution is -0.0690. The molecular formula is C13H17N3OS2. The summed E-state index contributed by atoms with van der Waals surface area (Å²) < 4.78 is 8.65. The molecule has 0 spiro atoms. The molecule has 0 bridgehead atoms. The van der Waals surface area contributed by atoms with Crippen molar-refractivity contribution in [2.45, 2.75) is 38.3 Å². The van der Waals surface area contributed by atoms with Crippen LogP contribution >= 0.6 is 23.6 Å². The third-order valence-corrected chi connectivity index (χ3v) is 4.64. The number of rotatable bonds is 2. The van der Waals surface area contributed by atoms with Crippen molar-refractivity contribution in [1.82, 2.24) is 14.8 Å². The van der Waals surface area contributed by atoms with Gasteiger partial charge in [-0.1, -0.05) is 6.07 Å². The van der Waals surface area contributed by atoms with E-state index in [-0.39, 0.29) is 5.60 Å². The number of hydrogen-bond donors (Lipinski definition) is 1. The first-order valence-electron chi connectivity index (χ1n) is 6.41. The molecule has 1 saturated heterocycles. The minimum atomic E-state index is -0.0956. The standard InChI is InChI=1S/C13H17N3OS2/c1-13(2)8-9(5-6-17-13)16-11(14-15-12(16)18)10-4-3-7-19-10/h3-4,7,9H,5-6,8H2,1-2H3,(H,15,18). The van der Waals surface area contributed by atoms with Crippen molar-refractivity contribution in [1.29, 1.82) is 0 Å². The Morgan fingerprint density at radius 1 is 1.58 bits per heavy atom. The predicted molar refractivity (Wildman–Crippen MR) is 79.0 cm³/mol. The second-order valence-corrected chi connectivity index (χ2v) is 6.79. The number of hydrogen-bond acceptors (Lipinski definition) is 4. The molecular weight excluding hydrogens is 278 g/mol. The summed E-state index contributed by atoms with van der Waals surface area (Å²) in [6, 6.07) is 4.47. The molecule has 3 heterocycles. The Balaban J connectivity index is 2.01. The Morgan fingerprint density at radius 3 is 3.11 bits per heavy atom. The van der Waals surface area contributed by atoms with Crippen molar-refractivity contribution in [3.63, 3.8) is 0 Å². The predicted octanol–water partition coefficient (Wildman–Crippen LogP) is 3.80. The lowest BCUT2D eigenvalue weighted by atomic mass is 9.94. The van der Waals surface area contributed by atoms with Gasteiger partial charge in [-0.2, -0.15) is 5.10 Å². The van der Waals surface area contributed by atoms with E-state index in [4.69, 9.17) is 17.0 Å². The SMILES string of the molecule is CC1(C)CC(n2c(-c3cccs3)n[nH]c2=S)CCO1. The minimum Gasteiger partial charge on any atom is -0.375 e. The number of aromatic nitrogens is 3. The van der Waals surface area contributed by atoms with Gasteiger partial charge in [-0.3, -0.25) is 9.67 Å². The Kier molecular flexibility index (Phi) is 3.32. The smallest absolute Gasteiger partial charge is 0.195 e. The van der Waals surface area contributed by atoms with Crippen molar-refractivity contribution in [2.75, 3.05) is 6.61 Å². The zero-order valence-electron chi connectivity index (χ0n) is 11.0. The fraction of sp³-hybridized carbons (Fsp3) is 0.538. The monoisotopic (exact) mass is 295 g/mol. The molecule has 6 heteroatoms. The topological polar surface area (TPSA) is 42.8 Å². The Hall–Kier alpha value is -0.980. The average Bonchev–Trinajstić information content (AvgIpc) is 2.96. The van der Waals surface area contributed by atoms with Crippen LogP contribution < -0.4 is 0 Å². The van der Waals surface area contributed by atoms with Gasteiger partial charge in [0.05, 0.1) is 10.5 Å². The summed E-state index contributed by atoms with van der Waals surface area (Å²) in [5.41, 5.74) is -0.0956. The van der Waals surface area contributed by atoms with E-state index in [9.17, 15) is 0 Å². The zero-order chi connectivity index (χ0) is 13.5. The molecule has 1 atom stereocenters. The summed E-state index contributed by atoms with van der Waals surface area (Å²) in [7, 11) is 0. The third kappa shape index (κ3) is 2.52. The van der Waals surface area contributed by atoms with Crippen LogP contribution in [0.15, 0.2) is 17.5 Å². The summed E-state index contributed by atoms with van der Waals surface area (Å²) in [4.78, 5) is 1.15.